The average Bonchev–Trinajstić information content (AvgIpc) is 2.43. The number of carbonyl (C=O) groups excluding carboxylic acids is 1. The van der Waals surface area contributed by atoms with E-state index in [4.69, 9.17) is 4.74 Å². The highest BCUT2D eigenvalue weighted by Gasteiger charge is 2.28. The van der Waals surface area contributed by atoms with Crippen LogP contribution < -0.4 is 5.32 Å². The van der Waals surface area contributed by atoms with Gasteiger partial charge in [0.1, 0.15) is 5.78 Å². The van der Waals surface area contributed by atoms with Gasteiger partial charge in [-0.2, -0.15) is 0 Å². The third-order valence-corrected chi connectivity index (χ3v) is 5.04. The van der Waals surface area contributed by atoms with E-state index >= 15 is 0 Å². The maximum absolute atomic E-state index is 12.2. The van der Waals surface area contributed by atoms with Crippen molar-refractivity contribution in [2.45, 2.75) is 58.5 Å². The molecule has 1 N–H and O–H groups in total. The number of ether oxygens (including phenoxy) is 1. The van der Waals surface area contributed by atoms with Crippen LogP contribution in [0.2, 0.25) is 0 Å². The van der Waals surface area contributed by atoms with E-state index in [9.17, 15) is 4.79 Å². The number of hydrogen-bond acceptors (Lipinski definition) is 3. The number of hydrogen-bond donors (Lipinski definition) is 1. The molecule has 3 atom stereocenters. The summed E-state index contributed by atoms with van der Waals surface area (Å²) in [6.07, 6.45) is 6.57. The van der Waals surface area contributed by atoms with Crippen molar-refractivity contribution in [1.82, 2.24) is 5.32 Å². The van der Waals surface area contributed by atoms with E-state index < -0.39 is 0 Å². The predicted molar refractivity (Wildman–Crippen MR) is 77.1 cm³/mol. The smallest absolute Gasteiger partial charge is 0.138 e. The lowest BCUT2D eigenvalue weighted by molar-refractivity contribution is -0.126. The van der Waals surface area contributed by atoms with E-state index in [1.165, 1.54) is 6.42 Å². The predicted octanol–water partition coefficient (Wildman–Crippen LogP) is 2.79. The van der Waals surface area contributed by atoms with Crippen LogP contribution in [0.15, 0.2) is 0 Å². The first-order valence-electron chi connectivity index (χ1n) is 8.02. The van der Waals surface area contributed by atoms with Gasteiger partial charge in [-0.1, -0.05) is 13.8 Å². The van der Waals surface area contributed by atoms with Gasteiger partial charge in [0, 0.05) is 12.3 Å². The van der Waals surface area contributed by atoms with Gasteiger partial charge in [-0.15, -0.1) is 0 Å². The second-order valence-electron chi connectivity index (χ2n) is 6.50. The van der Waals surface area contributed by atoms with Gasteiger partial charge in [0.25, 0.3) is 0 Å². The molecule has 3 unspecified atom stereocenters. The summed E-state index contributed by atoms with van der Waals surface area (Å²) < 4.78 is 5.83. The zero-order valence-corrected chi connectivity index (χ0v) is 12.5. The van der Waals surface area contributed by atoms with Crippen molar-refractivity contribution < 1.29 is 9.53 Å². The summed E-state index contributed by atoms with van der Waals surface area (Å²) in [4.78, 5) is 12.2. The standard InChI is InChI=1S/C16H29NO2/c1-12-3-4-14(11-13(12)2)16(18)7-10-19-15-5-8-17-9-6-15/h12-15,17H,3-11H2,1-2H3. The normalized spacial score (nSPS) is 33.3. The van der Waals surface area contributed by atoms with Crippen LogP contribution in [0.25, 0.3) is 0 Å². The number of rotatable bonds is 5. The van der Waals surface area contributed by atoms with Crippen LogP contribution in [0, 0.1) is 17.8 Å². The van der Waals surface area contributed by atoms with Gasteiger partial charge in [-0.25, -0.2) is 0 Å². The number of carbonyl (C=O) groups is 1. The lowest BCUT2D eigenvalue weighted by Crippen LogP contribution is -2.33. The Morgan fingerprint density at radius 2 is 1.84 bits per heavy atom. The number of nitrogens with one attached hydrogen (secondary N) is 1. The molecule has 2 rings (SSSR count). The van der Waals surface area contributed by atoms with Crippen LogP contribution in [0.5, 0.6) is 0 Å². The highest BCUT2D eigenvalue weighted by atomic mass is 16.5. The maximum Gasteiger partial charge on any atom is 0.138 e. The van der Waals surface area contributed by atoms with Crippen LogP contribution in [-0.2, 0) is 9.53 Å². The van der Waals surface area contributed by atoms with E-state index in [0.717, 1.165) is 44.7 Å². The summed E-state index contributed by atoms with van der Waals surface area (Å²) in [5, 5.41) is 3.33. The Bertz CT molecular complexity index is 286. The fourth-order valence-electron chi connectivity index (χ4n) is 3.33. The van der Waals surface area contributed by atoms with E-state index in [-0.39, 0.29) is 0 Å². The first-order valence-corrected chi connectivity index (χ1v) is 8.02. The zero-order chi connectivity index (χ0) is 13.7. The Morgan fingerprint density at radius 1 is 1.11 bits per heavy atom. The monoisotopic (exact) mass is 267 g/mol. The second-order valence-corrected chi connectivity index (χ2v) is 6.50. The molecule has 0 radical (unpaired) electrons. The topological polar surface area (TPSA) is 38.3 Å². The number of Topliss-reactive ketones (excluding diaryl/α,β-unsaturated/α-hetero) is 1. The second kappa shape index (κ2) is 7.39. The fourth-order valence-corrected chi connectivity index (χ4v) is 3.33. The summed E-state index contributed by atoms with van der Waals surface area (Å²) in [6, 6.07) is 0. The first-order chi connectivity index (χ1) is 9.16. The summed E-state index contributed by atoms with van der Waals surface area (Å²) in [7, 11) is 0. The first kappa shape index (κ1) is 15.0. The summed E-state index contributed by atoms with van der Waals surface area (Å²) in [5.74, 6) is 2.23. The lowest BCUT2D eigenvalue weighted by atomic mass is 9.74. The molecular formula is C16H29NO2. The Balaban J connectivity index is 1.63. The minimum absolute atomic E-state index is 0.308. The molecule has 0 aromatic carbocycles. The highest BCUT2D eigenvalue weighted by molar-refractivity contribution is 5.81. The molecule has 0 amide bonds. The van der Waals surface area contributed by atoms with Crippen LogP contribution >= 0.6 is 0 Å². The molecule has 1 saturated carbocycles. The molecule has 0 aromatic heterocycles. The Hall–Kier alpha value is -0.410. The van der Waals surface area contributed by atoms with Gasteiger partial charge in [-0.05, 0) is 57.0 Å². The van der Waals surface area contributed by atoms with E-state index in [0.29, 0.717) is 36.8 Å². The maximum atomic E-state index is 12.2. The number of ketones is 1. The molecule has 2 fully saturated rings. The molecule has 1 saturated heterocycles. The largest absolute Gasteiger partial charge is 0.378 e. The van der Waals surface area contributed by atoms with Crippen LogP contribution in [0.1, 0.15) is 52.4 Å². The Labute approximate surface area is 117 Å². The molecule has 2 aliphatic rings. The fraction of sp³-hybridized carbons (Fsp3) is 0.938. The van der Waals surface area contributed by atoms with Crippen molar-refractivity contribution in [2.24, 2.45) is 17.8 Å². The van der Waals surface area contributed by atoms with Crippen LogP contribution in [-0.4, -0.2) is 31.6 Å². The highest BCUT2D eigenvalue weighted by Crippen LogP contribution is 2.34. The molecule has 1 aliphatic carbocycles. The third kappa shape index (κ3) is 4.57. The van der Waals surface area contributed by atoms with Gasteiger partial charge >= 0.3 is 0 Å². The summed E-state index contributed by atoms with van der Waals surface area (Å²) >= 11 is 0. The van der Waals surface area contributed by atoms with Gasteiger partial charge in [0.2, 0.25) is 0 Å². The molecule has 3 heteroatoms. The van der Waals surface area contributed by atoms with Crippen molar-refractivity contribution in [3.05, 3.63) is 0 Å². The SMILES string of the molecule is CC1CCC(C(=O)CCOC2CCNCC2)CC1C. The molecule has 0 spiro atoms. The van der Waals surface area contributed by atoms with Crippen molar-refractivity contribution >= 4 is 5.78 Å². The van der Waals surface area contributed by atoms with Crippen molar-refractivity contribution in [3.8, 4) is 0 Å². The summed E-state index contributed by atoms with van der Waals surface area (Å²) in [6.45, 7) is 7.33. The van der Waals surface area contributed by atoms with Gasteiger partial charge in [0.05, 0.1) is 12.7 Å². The van der Waals surface area contributed by atoms with Crippen molar-refractivity contribution in [2.75, 3.05) is 19.7 Å². The molecule has 1 heterocycles. The summed E-state index contributed by atoms with van der Waals surface area (Å²) in [5.41, 5.74) is 0. The van der Waals surface area contributed by atoms with Gasteiger partial charge in [-0.3, -0.25) is 4.79 Å². The molecule has 19 heavy (non-hydrogen) atoms. The van der Waals surface area contributed by atoms with E-state index in [1.807, 2.05) is 0 Å². The molecule has 110 valence electrons. The minimum Gasteiger partial charge on any atom is -0.378 e. The van der Waals surface area contributed by atoms with E-state index in [2.05, 4.69) is 19.2 Å². The van der Waals surface area contributed by atoms with Gasteiger partial charge < -0.3 is 10.1 Å². The number of piperidine rings is 1. The van der Waals surface area contributed by atoms with E-state index in [1.54, 1.807) is 0 Å². The lowest BCUT2D eigenvalue weighted by Gasteiger charge is -2.31. The third-order valence-electron chi connectivity index (χ3n) is 5.04. The Morgan fingerprint density at radius 3 is 2.53 bits per heavy atom. The minimum atomic E-state index is 0.308. The van der Waals surface area contributed by atoms with Gasteiger partial charge in [0.15, 0.2) is 0 Å². The van der Waals surface area contributed by atoms with Crippen molar-refractivity contribution in [1.29, 1.82) is 0 Å². The van der Waals surface area contributed by atoms with Crippen molar-refractivity contribution in [3.63, 3.8) is 0 Å². The Kier molecular flexibility index (Phi) is 5.83. The van der Waals surface area contributed by atoms with Crippen LogP contribution in [0.3, 0.4) is 0 Å². The molecule has 0 aromatic rings. The molecule has 0 bridgehead atoms. The molecule has 3 nitrogen and oxygen atoms in total. The average molecular weight is 267 g/mol. The van der Waals surface area contributed by atoms with Crippen LogP contribution in [0.4, 0.5) is 0 Å². The molecular weight excluding hydrogens is 238 g/mol. The molecule has 1 aliphatic heterocycles. The zero-order valence-electron chi connectivity index (χ0n) is 12.5. The quantitative estimate of drug-likeness (QED) is 0.832.